The minimum absolute atomic E-state index is 0.405. The fraction of sp³-hybridized carbons (Fsp3) is 0.0545. The van der Waals surface area contributed by atoms with E-state index in [4.69, 9.17) is 15.7 Å². The van der Waals surface area contributed by atoms with Crippen molar-refractivity contribution in [1.29, 1.82) is 0 Å². The quantitative estimate of drug-likeness (QED) is 0.127. The standard InChI is InChI=1S/C53H38N6.C2H6/c54-52(37-18-6-2-7-19-37)56-53(55-35-36-16-4-1-5-17-36)39-30-41(58-47-25-13-10-22-43(47)44-23-11-14-26-48(44)58)33-42(31-39)59-49-27-15-12-24-45(49)46-32-38-28-29-57(50(38)34-51(46)59)40-20-8-3-9-21-40;1-2/h1-34H,35H2,(H2,54,55,56);1-2H3. The zero-order chi connectivity index (χ0) is 41.3. The van der Waals surface area contributed by atoms with Gasteiger partial charge in [0.1, 0.15) is 5.84 Å². The molecule has 0 aliphatic rings. The molecule has 11 aromatic rings. The predicted molar refractivity (Wildman–Crippen MR) is 257 cm³/mol. The molecule has 3 aromatic heterocycles. The van der Waals surface area contributed by atoms with E-state index in [0.29, 0.717) is 18.2 Å². The molecule has 294 valence electrons. The fourth-order valence-corrected chi connectivity index (χ4v) is 8.60. The summed E-state index contributed by atoms with van der Waals surface area (Å²) in [5.41, 5.74) is 18.3. The Morgan fingerprint density at radius 1 is 0.443 bits per heavy atom. The van der Waals surface area contributed by atoms with Crippen LogP contribution >= 0.6 is 0 Å². The van der Waals surface area contributed by atoms with Crippen molar-refractivity contribution in [2.24, 2.45) is 15.7 Å². The van der Waals surface area contributed by atoms with Crippen molar-refractivity contribution in [3.8, 4) is 17.1 Å². The molecule has 8 aromatic carbocycles. The van der Waals surface area contributed by atoms with E-state index in [2.05, 4.69) is 172 Å². The lowest BCUT2D eigenvalue weighted by molar-refractivity contribution is 1.06. The van der Waals surface area contributed by atoms with E-state index in [9.17, 15) is 0 Å². The zero-order valence-corrected chi connectivity index (χ0v) is 34.2. The summed E-state index contributed by atoms with van der Waals surface area (Å²) in [6.45, 7) is 4.44. The van der Waals surface area contributed by atoms with Gasteiger partial charge in [-0.2, -0.15) is 0 Å². The molecule has 0 aliphatic heterocycles. The lowest BCUT2D eigenvalue weighted by Crippen LogP contribution is -2.16. The molecule has 11 rings (SSSR count). The molecular formula is C55H44N6. The van der Waals surface area contributed by atoms with Crippen LogP contribution < -0.4 is 5.73 Å². The van der Waals surface area contributed by atoms with Gasteiger partial charge in [-0.15, -0.1) is 0 Å². The molecule has 0 unspecified atom stereocenters. The largest absolute Gasteiger partial charge is 0.383 e. The minimum Gasteiger partial charge on any atom is -0.383 e. The Labute approximate surface area is 354 Å². The van der Waals surface area contributed by atoms with Gasteiger partial charge in [-0.25, -0.2) is 4.99 Å². The molecule has 0 bridgehead atoms. The summed E-state index contributed by atoms with van der Waals surface area (Å²) >= 11 is 0. The van der Waals surface area contributed by atoms with E-state index in [1.165, 1.54) is 26.9 Å². The van der Waals surface area contributed by atoms with Gasteiger partial charge in [0.2, 0.25) is 0 Å². The first-order valence-electron chi connectivity index (χ1n) is 20.9. The van der Waals surface area contributed by atoms with Gasteiger partial charge in [-0.05, 0) is 72.3 Å². The Bertz CT molecular complexity index is 3350. The first-order chi connectivity index (χ1) is 30.2. The molecule has 0 atom stereocenters. The van der Waals surface area contributed by atoms with Crippen LogP contribution in [0.15, 0.2) is 216 Å². The van der Waals surface area contributed by atoms with Crippen molar-refractivity contribution in [3.63, 3.8) is 0 Å². The van der Waals surface area contributed by atoms with Gasteiger partial charge in [0.25, 0.3) is 0 Å². The van der Waals surface area contributed by atoms with Gasteiger partial charge >= 0.3 is 0 Å². The van der Waals surface area contributed by atoms with Crippen LogP contribution in [-0.4, -0.2) is 25.4 Å². The Balaban J connectivity index is 0.00000220. The van der Waals surface area contributed by atoms with Crippen molar-refractivity contribution in [2.45, 2.75) is 20.4 Å². The number of aromatic nitrogens is 3. The van der Waals surface area contributed by atoms with Gasteiger partial charge in [0.05, 0.1) is 34.1 Å². The lowest BCUT2D eigenvalue weighted by atomic mass is 10.1. The molecule has 0 saturated carbocycles. The molecule has 6 heteroatoms. The number of nitrogens with two attached hydrogens (primary N) is 1. The lowest BCUT2D eigenvalue weighted by Gasteiger charge is -2.16. The van der Waals surface area contributed by atoms with Crippen LogP contribution in [0.4, 0.5) is 0 Å². The average Bonchev–Trinajstić information content (AvgIpc) is 4.01. The normalized spacial score (nSPS) is 12.1. The maximum absolute atomic E-state index is 6.83. The number of amidine groups is 2. The monoisotopic (exact) mass is 788 g/mol. The molecule has 61 heavy (non-hydrogen) atoms. The van der Waals surface area contributed by atoms with E-state index in [-0.39, 0.29) is 0 Å². The van der Waals surface area contributed by atoms with Crippen molar-refractivity contribution >= 4 is 66.2 Å². The van der Waals surface area contributed by atoms with Crippen LogP contribution in [0.25, 0.3) is 71.6 Å². The molecule has 0 fully saturated rings. The molecule has 0 saturated heterocycles. The van der Waals surface area contributed by atoms with Crippen molar-refractivity contribution in [1.82, 2.24) is 13.7 Å². The van der Waals surface area contributed by atoms with Crippen LogP contribution in [0.2, 0.25) is 0 Å². The van der Waals surface area contributed by atoms with Crippen LogP contribution in [0.3, 0.4) is 0 Å². The number of rotatable bonds is 7. The summed E-state index contributed by atoms with van der Waals surface area (Å²) in [4.78, 5) is 10.4. The predicted octanol–water partition coefficient (Wildman–Crippen LogP) is 13.2. The molecule has 0 radical (unpaired) electrons. The summed E-state index contributed by atoms with van der Waals surface area (Å²) in [7, 11) is 0. The number of benzene rings is 8. The maximum Gasteiger partial charge on any atom is 0.157 e. The van der Waals surface area contributed by atoms with Crippen molar-refractivity contribution in [2.75, 3.05) is 0 Å². The van der Waals surface area contributed by atoms with E-state index in [1.54, 1.807) is 0 Å². The summed E-state index contributed by atoms with van der Waals surface area (Å²) in [6, 6.07) is 70.3. The Morgan fingerprint density at radius 3 is 1.56 bits per heavy atom. The van der Waals surface area contributed by atoms with Crippen molar-refractivity contribution < 1.29 is 0 Å². The van der Waals surface area contributed by atoms with Gasteiger partial charge in [0.15, 0.2) is 5.84 Å². The van der Waals surface area contributed by atoms with E-state index >= 15 is 0 Å². The maximum atomic E-state index is 6.83. The highest BCUT2D eigenvalue weighted by Crippen LogP contribution is 2.38. The molecule has 3 heterocycles. The van der Waals surface area contributed by atoms with E-state index in [0.717, 1.165) is 61.3 Å². The van der Waals surface area contributed by atoms with Gasteiger partial charge < -0.3 is 19.4 Å². The number of hydrogen-bond donors (Lipinski definition) is 1. The molecule has 0 spiro atoms. The summed E-state index contributed by atoms with van der Waals surface area (Å²) in [5.74, 6) is 0.961. The fourth-order valence-electron chi connectivity index (χ4n) is 8.60. The number of para-hydroxylation sites is 4. The Morgan fingerprint density at radius 2 is 0.951 bits per heavy atom. The third kappa shape index (κ3) is 6.74. The third-order valence-corrected chi connectivity index (χ3v) is 11.3. The zero-order valence-electron chi connectivity index (χ0n) is 34.2. The number of nitrogens with zero attached hydrogens (tertiary/aromatic N) is 5. The van der Waals surface area contributed by atoms with E-state index < -0.39 is 0 Å². The first-order valence-corrected chi connectivity index (χ1v) is 20.9. The Kier molecular flexibility index (Phi) is 9.79. The first kappa shape index (κ1) is 37.3. The van der Waals surface area contributed by atoms with Gasteiger partial charge in [-0.3, -0.25) is 4.99 Å². The summed E-state index contributed by atoms with van der Waals surface area (Å²) < 4.78 is 7.03. The molecule has 6 nitrogen and oxygen atoms in total. The number of fused-ring (bicyclic) bond motifs is 7. The number of aliphatic imine (C=N–C) groups is 2. The second-order valence-electron chi connectivity index (χ2n) is 14.9. The van der Waals surface area contributed by atoms with Gasteiger partial charge in [0, 0.05) is 61.3 Å². The minimum atomic E-state index is 0.405. The second kappa shape index (κ2) is 16.0. The molecule has 2 N–H and O–H groups in total. The van der Waals surface area contributed by atoms with E-state index in [1.807, 2.05) is 62.4 Å². The van der Waals surface area contributed by atoms with Crippen LogP contribution in [0.5, 0.6) is 0 Å². The number of hydrogen-bond acceptors (Lipinski definition) is 1. The third-order valence-electron chi connectivity index (χ3n) is 11.3. The van der Waals surface area contributed by atoms with Crippen LogP contribution in [0.1, 0.15) is 30.5 Å². The molecule has 0 amide bonds. The van der Waals surface area contributed by atoms with Crippen LogP contribution in [0, 0.1) is 0 Å². The molecule has 0 aliphatic carbocycles. The van der Waals surface area contributed by atoms with Crippen molar-refractivity contribution in [3.05, 3.63) is 223 Å². The SMILES string of the molecule is CC.NC(=NC(=NCc1ccccc1)c1cc(-n2c3ccccc3c3ccccc32)cc(-n2c3ccccc3c3cc4ccn(-c5ccccc5)c4cc32)c1)c1ccccc1. The Hall–Kier alpha value is -7.96. The van der Waals surface area contributed by atoms with Crippen LogP contribution in [-0.2, 0) is 6.54 Å². The average molecular weight is 789 g/mol. The highest BCUT2D eigenvalue weighted by Gasteiger charge is 2.20. The highest BCUT2D eigenvalue weighted by molar-refractivity contribution is 6.15. The molecular weight excluding hydrogens is 745 g/mol. The smallest absolute Gasteiger partial charge is 0.157 e. The summed E-state index contributed by atoms with van der Waals surface area (Å²) in [6.07, 6.45) is 2.16. The van der Waals surface area contributed by atoms with Gasteiger partial charge in [-0.1, -0.05) is 147 Å². The topological polar surface area (TPSA) is 65.5 Å². The summed E-state index contributed by atoms with van der Waals surface area (Å²) in [5, 5.41) is 5.95. The second-order valence-corrected chi connectivity index (χ2v) is 14.9. The highest BCUT2D eigenvalue weighted by atomic mass is 15.0.